The van der Waals surface area contributed by atoms with Gasteiger partial charge in [-0.3, -0.25) is 19.2 Å². The molecule has 0 saturated carbocycles. The molecule has 12 heteroatoms. The number of carboxylic acids is 1. The average molecular weight is 605 g/mol. The zero-order valence-corrected chi connectivity index (χ0v) is 26.4. The lowest BCUT2D eigenvalue weighted by atomic mass is 9.98. The molecule has 0 radical (unpaired) electrons. The van der Waals surface area contributed by atoms with Gasteiger partial charge in [0.1, 0.15) is 24.2 Å². The van der Waals surface area contributed by atoms with Crippen molar-refractivity contribution in [3.8, 4) is 0 Å². The molecule has 0 bridgehead atoms. The zero-order valence-electron chi connectivity index (χ0n) is 26.4. The number of nitrogens with one attached hydrogen (secondary N) is 4. The lowest BCUT2D eigenvalue weighted by molar-refractivity contribution is -0.143. The summed E-state index contributed by atoms with van der Waals surface area (Å²) < 4.78 is 0. The first-order valence-electron chi connectivity index (χ1n) is 15.1. The van der Waals surface area contributed by atoms with Gasteiger partial charge in [-0.25, -0.2) is 4.79 Å². The molecule has 43 heavy (non-hydrogen) atoms. The number of amides is 4. The third-order valence-electron chi connectivity index (χ3n) is 7.03. The van der Waals surface area contributed by atoms with Gasteiger partial charge in [-0.1, -0.05) is 71.9 Å². The van der Waals surface area contributed by atoms with E-state index in [9.17, 15) is 29.1 Å². The molecule has 0 unspecified atom stereocenters. The van der Waals surface area contributed by atoms with Crippen LogP contribution in [0.1, 0.15) is 72.8 Å². The minimum absolute atomic E-state index is 0.0227. The van der Waals surface area contributed by atoms with Crippen molar-refractivity contribution in [2.24, 2.45) is 29.2 Å². The van der Waals surface area contributed by atoms with Crippen LogP contribution >= 0.6 is 0 Å². The maximum Gasteiger partial charge on any atom is 0.326 e. The van der Waals surface area contributed by atoms with Crippen molar-refractivity contribution < 1.29 is 29.1 Å². The zero-order chi connectivity index (χ0) is 32.7. The Bertz CT molecular complexity index is 1050. The van der Waals surface area contributed by atoms with Crippen LogP contribution in [-0.4, -0.2) is 71.5 Å². The Balaban J connectivity index is 3.02. The highest BCUT2D eigenvalue weighted by Crippen LogP contribution is 2.11. The highest BCUT2D eigenvalue weighted by atomic mass is 16.4. The van der Waals surface area contributed by atoms with Gasteiger partial charge in [0.15, 0.2) is 0 Å². The predicted octanol–water partition coefficient (Wildman–Crippen LogP) is 1.07. The first-order valence-corrected chi connectivity index (χ1v) is 15.1. The van der Waals surface area contributed by atoms with Gasteiger partial charge in [0, 0.05) is 0 Å². The Morgan fingerprint density at radius 3 is 1.72 bits per heavy atom. The first-order chi connectivity index (χ1) is 20.2. The predicted molar refractivity (Wildman–Crippen MR) is 166 cm³/mol. The van der Waals surface area contributed by atoms with Crippen LogP contribution in [0.5, 0.6) is 0 Å². The fourth-order valence-corrected chi connectivity index (χ4v) is 4.52. The van der Waals surface area contributed by atoms with Gasteiger partial charge in [0.2, 0.25) is 23.6 Å². The van der Waals surface area contributed by atoms with E-state index in [1.54, 1.807) is 27.7 Å². The molecule has 0 aliphatic carbocycles. The van der Waals surface area contributed by atoms with E-state index in [0.29, 0.717) is 25.8 Å². The van der Waals surface area contributed by atoms with Crippen molar-refractivity contribution in [3.63, 3.8) is 0 Å². The van der Waals surface area contributed by atoms with E-state index in [1.807, 2.05) is 44.2 Å². The molecule has 1 rings (SSSR count). The van der Waals surface area contributed by atoms with E-state index in [1.165, 1.54) is 0 Å². The molecule has 0 spiro atoms. The van der Waals surface area contributed by atoms with Crippen LogP contribution in [-0.2, 0) is 30.4 Å². The lowest BCUT2D eigenvalue weighted by Gasteiger charge is -2.29. The number of hydrogen-bond donors (Lipinski definition) is 7. The van der Waals surface area contributed by atoms with Crippen molar-refractivity contribution in [1.82, 2.24) is 21.3 Å². The number of unbranched alkanes of at least 4 members (excludes halogenated alkanes) is 1. The SMILES string of the molecule is CC(C)C[C@@H](NC(=O)[C@@H](CCCCN)NC(=O)[C@H](NC(=O)[C@H](NC(=O)[C@H](N)Cc1ccccc1)C(C)C)C(C)C)C(=O)O. The van der Waals surface area contributed by atoms with E-state index >= 15 is 0 Å². The smallest absolute Gasteiger partial charge is 0.326 e. The Morgan fingerprint density at radius 2 is 1.23 bits per heavy atom. The van der Waals surface area contributed by atoms with Crippen LogP contribution in [0.4, 0.5) is 0 Å². The van der Waals surface area contributed by atoms with Gasteiger partial charge in [-0.15, -0.1) is 0 Å². The molecule has 1 aromatic rings. The second kappa shape index (κ2) is 18.9. The Kier molecular flexibility index (Phi) is 16.5. The third kappa shape index (κ3) is 13.6. The second-order valence-electron chi connectivity index (χ2n) is 12.1. The van der Waals surface area contributed by atoms with Crippen LogP contribution in [0, 0.1) is 17.8 Å². The minimum atomic E-state index is -1.16. The average Bonchev–Trinajstić information content (AvgIpc) is 2.93. The van der Waals surface area contributed by atoms with E-state index in [0.717, 1.165) is 5.56 Å². The van der Waals surface area contributed by atoms with Gasteiger partial charge in [0.25, 0.3) is 0 Å². The standard InChI is InChI=1S/C31H52N6O6/c1-18(2)16-24(31(42)43)35-28(39)23(14-10-11-15-32)34-29(40)25(19(3)4)37-30(41)26(20(5)6)36-27(38)22(33)17-21-12-8-7-9-13-21/h7-9,12-13,18-20,22-26H,10-11,14-17,32-33H2,1-6H3,(H,34,40)(H,35,39)(H,36,38)(H,37,41)(H,42,43)/t22-,23-,24-,25-,26-/m1/s1. The van der Waals surface area contributed by atoms with Crippen LogP contribution in [0.2, 0.25) is 0 Å². The minimum Gasteiger partial charge on any atom is -0.480 e. The lowest BCUT2D eigenvalue weighted by Crippen LogP contribution is -2.60. The summed E-state index contributed by atoms with van der Waals surface area (Å²) in [6, 6.07) is 4.30. The highest BCUT2D eigenvalue weighted by molar-refractivity contribution is 5.95. The summed E-state index contributed by atoms with van der Waals surface area (Å²) in [4.78, 5) is 64.5. The molecule has 0 aliphatic heterocycles. The van der Waals surface area contributed by atoms with E-state index in [2.05, 4.69) is 21.3 Å². The molecule has 0 heterocycles. The monoisotopic (exact) mass is 604 g/mol. The largest absolute Gasteiger partial charge is 0.480 e. The van der Waals surface area contributed by atoms with Crippen molar-refractivity contribution in [2.75, 3.05) is 6.54 Å². The Morgan fingerprint density at radius 1 is 0.721 bits per heavy atom. The van der Waals surface area contributed by atoms with Crippen molar-refractivity contribution in [1.29, 1.82) is 0 Å². The number of rotatable bonds is 19. The normalized spacial score (nSPS) is 14.9. The summed E-state index contributed by atoms with van der Waals surface area (Å²) in [5.41, 5.74) is 12.6. The molecule has 5 atom stereocenters. The number of benzene rings is 1. The summed E-state index contributed by atoms with van der Waals surface area (Å²) in [6.07, 6.45) is 1.91. The number of aliphatic carboxylic acids is 1. The Hall–Kier alpha value is -3.51. The molecule has 0 aliphatic rings. The number of hydrogen-bond acceptors (Lipinski definition) is 7. The molecule has 242 valence electrons. The summed E-state index contributed by atoms with van der Waals surface area (Å²) >= 11 is 0. The van der Waals surface area contributed by atoms with Gasteiger partial charge in [-0.05, 0) is 62.0 Å². The highest BCUT2D eigenvalue weighted by Gasteiger charge is 2.34. The van der Waals surface area contributed by atoms with E-state index < -0.39 is 59.8 Å². The summed E-state index contributed by atoms with van der Waals surface area (Å²) in [5.74, 6) is -4.08. The fraction of sp³-hybridized carbons (Fsp3) is 0.645. The molecular weight excluding hydrogens is 552 g/mol. The summed E-state index contributed by atoms with van der Waals surface area (Å²) in [6.45, 7) is 11.1. The van der Waals surface area contributed by atoms with Crippen LogP contribution in [0.25, 0.3) is 0 Å². The first kappa shape index (κ1) is 37.5. The van der Waals surface area contributed by atoms with Gasteiger partial charge in [0.05, 0.1) is 6.04 Å². The van der Waals surface area contributed by atoms with Gasteiger partial charge >= 0.3 is 5.97 Å². The molecule has 9 N–H and O–H groups in total. The number of carboxylic acid groups (broad SMARTS) is 1. The third-order valence-corrected chi connectivity index (χ3v) is 7.03. The van der Waals surface area contributed by atoms with Crippen LogP contribution in [0.15, 0.2) is 30.3 Å². The number of carbonyl (C=O) groups excluding carboxylic acids is 4. The summed E-state index contributed by atoms with van der Waals surface area (Å²) in [7, 11) is 0. The van der Waals surface area contributed by atoms with Crippen molar-refractivity contribution in [2.45, 2.75) is 104 Å². The van der Waals surface area contributed by atoms with Crippen molar-refractivity contribution in [3.05, 3.63) is 35.9 Å². The topological polar surface area (TPSA) is 206 Å². The number of nitrogens with two attached hydrogens (primary N) is 2. The fourth-order valence-electron chi connectivity index (χ4n) is 4.52. The van der Waals surface area contributed by atoms with Crippen molar-refractivity contribution >= 4 is 29.6 Å². The van der Waals surface area contributed by atoms with E-state index in [-0.39, 0.29) is 30.6 Å². The van der Waals surface area contributed by atoms with Gasteiger partial charge in [-0.2, -0.15) is 0 Å². The molecule has 0 saturated heterocycles. The summed E-state index contributed by atoms with van der Waals surface area (Å²) in [5, 5.41) is 20.3. The molecular formula is C31H52N6O6. The maximum atomic E-state index is 13.4. The molecule has 4 amide bonds. The molecule has 0 aromatic heterocycles. The molecule has 12 nitrogen and oxygen atoms in total. The molecule has 0 fully saturated rings. The molecule has 1 aromatic carbocycles. The van der Waals surface area contributed by atoms with Crippen LogP contribution < -0.4 is 32.7 Å². The second-order valence-corrected chi connectivity index (χ2v) is 12.1. The van der Waals surface area contributed by atoms with Gasteiger partial charge < -0.3 is 37.8 Å². The van der Waals surface area contributed by atoms with E-state index in [4.69, 9.17) is 11.5 Å². The number of carbonyl (C=O) groups is 5. The maximum absolute atomic E-state index is 13.4. The Labute approximate surface area is 255 Å². The quantitative estimate of drug-likeness (QED) is 0.113. The van der Waals surface area contributed by atoms with Crippen LogP contribution in [0.3, 0.4) is 0 Å².